The average Bonchev–Trinajstić information content (AvgIpc) is 3.24. The topological polar surface area (TPSA) is 135 Å². The number of aliphatic hydroxyl groups excluding tert-OH is 1. The summed E-state index contributed by atoms with van der Waals surface area (Å²) in [5.41, 5.74) is -1.66. The van der Waals surface area contributed by atoms with E-state index in [1.165, 1.54) is 17.7 Å². The molecule has 1 saturated carbocycles. The predicted octanol–water partition coefficient (Wildman–Crippen LogP) is 0.108. The first-order chi connectivity index (χ1) is 16.5. The quantitative estimate of drug-likeness (QED) is 0.453. The minimum Gasteiger partial charge on any atom is -0.396 e. The van der Waals surface area contributed by atoms with Crippen LogP contribution in [0.25, 0.3) is 11.0 Å². The zero-order valence-electron chi connectivity index (χ0n) is 19.4. The van der Waals surface area contributed by atoms with E-state index >= 15 is 0 Å². The first-order valence-electron chi connectivity index (χ1n) is 11.6. The molecule has 1 atom stereocenters. The summed E-state index contributed by atoms with van der Waals surface area (Å²) in [5, 5.41) is 12.6. The van der Waals surface area contributed by atoms with Gasteiger partial charge in [0.1, 0.15) is 17.8 Å². The van der Waals surface area contributed by atoms with Crippen LogP contribution in [0.3, 0.4) is 0 Å². The lowest BCUT2D eigenvalue weighted by Crippen LogP contribution is -2.62. The van der Waals surface area contributed by atoms with Gasteiger partial charge in [0.25, 0.3) is 16.1 Å². The summed E-state index contributed by atoms with van der Waals surface area (Å²) < 4.78 is 57.9. The van der Waals surface area contributed by atoms with E-state index in [-0.39, 0.29) is 13.0 Å². The molecule has 5 rings (SSSR count). The van der Waals surface area contributed by atoms with Crippen molar-refractivity contribution in [1.82, 2.24) is 28.9 Å². The zero-order valence-corrected chi connectivity index (χ0v) is 20.2. The number of anilines is 1. The van der Waals surface area contributed by atoms with Crippen molar-refractivity contribution in [2.45, 2.75) is 42.7 Å². The minimum absolute atomic E-state index is 0.198. The third-order valence-corrected chi connectivity index (χ3v) is 9.37. The summed E-state index contributed by atoms with van der Waals surface area (Å²) in [4.78, 5) is 26.5. The fraction of sp³-hybridized carbons (Fsp3) is 0.667. The Bertz CT molecular complexity index is 1240. The van der Waals surface area contributed by atoms with Crippen LogP contribution in [0.5, 0.6) is 0 Å². The zero-order chi connectivity index (χ0) is 25.1. The summed E-state index contributed by atoms with van der Waals surface area (Å²) in [6.07, 6.45) is 3.45. The first-order valence-corrected chi connectivity index (χ1v) is 13.0. The van der Waals surface area contributed by atoms with Gasteiger partial charge < -0.3 is 15.0 Å². The van der Waals surface area contributed by atoms with Gasteiger partial charge in [-0.25, -0.2) is 18.7 Å². The fourth-order valence-corrected chi connectivity index (χ4v) is 7.16. The third kappa shape index (κ3) is 4.20. The van der Waals surface area contributed by atoms with E-state index in [0.29, 0.717) is 31.6 Å². The van der Waals surface area contributed by atoms with Gasteiger partial charge in [-0.3, -0.25) is 10.1 Å². The van der Waals surface area contributed by atoms with E-state index in [4.69, 9.17) is 0 Å². The largest absolute Gasteiger partial charge is 0.396 e. The molecule has 0 aromatic carbocycles. The Morgan fingerprint density at radius 2 is 2.06 bits per heavy atom. The molecule has 2 aromatic rings. The molecular formula is C21H29F2N7O4S. The second-order valence-corrected chi connectivity index (χ2v) is 11.7. The number of likely N-dealkylation sites (N-methyl/N-ethyl adjacent to an activating group) is 1. The SMILES string of the molecule is CN(C[C@]1(C(=O)CCO)CC(F)(F)CN1)S(=O)(=O)N1CCN(c2ncnc3[nH]ccc23)CC12CC2. The summed E-state index contributed by atoms with van der Waals surface area (Å²) in [7, 11) is -2.74. The predicted molar refractivity (Wildman–Crippen MR) is 123 cm³/mol. The summed E-state index contributed by atoms with van der Waals surface area (Å²) >= 11 is 0. The highest BCUT2D eigenvalue weighted by Gasteiger charge is 2.59. The molecule has 192 valence electrons. The number of Topliss-reactive ketones (excluding diaryl/α,β-unsaturated/α-hetero) is 1. The van der Waals surface area contributed by atoms with Crippen LogP contribution >= 0.6 is 0 Å². The summed E-state index contributed by atoms with van der Waals surface area (Å²) in [6.45, 7) is -0.598. The maximum Gasteiger partial charge on any atom is 0.282 e. The highest BCUT2D eigenvalue weighted by molar-refractivity contribution is 7.86. The maximum absolute atomic E-state index is 14.1. The van der Waals surface area contributed by atoms with E-state index in [2.05, 4.69) is 25.2 Å². The molecule has 14 heteroatoms. The Labute approximate surface area is 201 Å². The van der Waals surface area contributed by atoms with Gasteiger partial charge in [0.05, 0.1) is 29.6 Å². The number of rotatable bonds is 8. The van der Waals surface area contributed by atoms with E-state index < -0.39 is 59.1 Å². The molecule has 1 aliphatic carbocycles. The number of nitrogens with one attached hydrogen (secondary N) is 2. The van der Waals surface area contributed by atoms with Crippen molar-refractivity contribution in [3.05, 3.63) is 18.6 Å². The lowest BCUT2D eigenvalue weighted by molar-refractivity contribution is -0.127. The van der Waals surface area contributed by atoms with Crippen molar-refractivity contribution in [1.29, 1.82) is 0 Å². The third-order valence-electron chi connectivity index (χ3n) is 7.33. The molecule has 1 spiro atoms. The number of piperazine rings is 1. The number of aliphatic hydroxyl groups is 1. The van der Waals surface area contributed by atoms with Gasteiger partial charge in [0.2, 0.25) is 0 Å². The van der Waals surface area contributed by atoms with Crippen molar-refractivity contribution >= 4 is 32.8 Å². The number of carbonyl (C=O) groups is 1. The van der Waals surface area contributed by atoms with Crippen molar-refractivity contribution in [3.8, 4) is 0 Å². The Kier molecular flexibility index (Phi) is 5.87. The number of ketones is 1. The van der Waals surface area contributed by atoms with Gasteiger partial charge in [-0.05, 0) is 18.9 Å². The number of hydrogen-bond acceptors (Lipinski definition) is 8. The van der Waals surface area contributed by atoms with Crippen LogP contribution in [0, 0.1) is 0 Å². The van der Waals surface area contributed by atoms with E-state index in [1.807, 2.05) is 6.07 Å². The molecule has 3 N–H and O–H groups in total. The number of alkyl halides is 2. The maximum atomic E-state index is 14.1. The molecule has 11 nitrogen and oxygen atoms in total. The van der Waals surface area contributed by atoms with E-state index in [0.717, 1.165) is 15.5 Å². The van der Waals surface area contributed by atoms with Crippen LogP contribution in [0.1, 0.15) is 25.7 Å². The van der Waals surface area contributed by atoms with Crippen molar-refractivity contribution in [2.75, 3.05) is 51.3 Å². The molecule has 2 aliphatic heterocycles. The summed E-state index contributed by atoms with van der Waals surface area (Å²) in [6, 6.07) is 1.88. The number of fused-ring (bicyclic) bond motifs is 1. The van der Waals surface area contributed by atoms with Gasteiger partial charge in [-0.2, -0.15) is 17.0 Å². The highest BCUT2D eigenvalue weighted by atomic mass is 32.2. The second kappa shape index (κ2) is 8.40. The monoisotopic (exact) mass is 513 g/mol. The van der Waals surface area contributed by atoms with Crippen molar-refractivity contribution < 1.29 is 27.1 Å². The van der Waals surface area contributed by atoms with Crippen LogP contribution in [0.4, 0.5) is 14.6 Å². The van der Waals surface area contributed by atoms with Crippen molar-refractivity contribution in [2.24, 2.45) is 0 Å². The second-order valence-electron chi connectivity index (χ2n) is 9.78. The van der Waals surface area contributed by atoms with Gasteiger partial charge in [-0.1, -0.05) is 0 Å². The van der Waals surface area contributed by atoms with Gasteiger partial charge in [0, 0.05) is 52.3 Å². The number of H-pyrrole nitrogens is 1. The van der Waals surface area contributed by atoms with Crippen LogP contribution in [-0.2, 0) is 15.0 Å². The molecule has 3 aliphatic rings. The van der Waals surface area contributed by atoms with E-state index in [1.54, 1.807) is 6.20 Å². The Hall–Kier alpha value is -2.26. The Morgan fingerprint density at radius 3 is 2.71 bits per heavy atom. The Morgan fingerprint density at radius 1 is 1.29 bits per heavy atom. The molecule has 4 heterocycles. The molecule has 2 saturated heterocycles. The molecular weight excluding hydrogens is 484 g/mol. The minimum atomic E-state index is -4.05. The highest BCUT2D eigenvalue weighted by Crippen LogP contribution is 2.47. The number of aromatic amines is 1. The van der Waals surface area contributed by atoms with Crippen molar-refractivity contribution in [3.63, 3.8) is 0 Å². The van der Waals surface area contributed by atoms with Gasteiger partial charge >= 0.3 is 0 Å². The molecule has 3 fully saturated rings. The molecule has 0 unspecified atom stereocenters. The van der Waals surface area contributed by atoms with E-state index in [9.17, 15) is 27.1 Å². The standard InChI is InChI=1S/C21H29F2N7O4S/c1-28(13-20(16(32)3-9-31)10-21(22,23)11-27-20)35(33,34)30-8-7-29(12-19(30)4-5-19)18-15-2-6-24-17(15)25-14-26-18/h2,6,14,27,31H,3-5,7-13H2,1H3,(H,24,25,26)/t20-/m0/s1. The number of halogens is 2. The number of aromatic nitrogens is 3. The van der Waals surface area contributed by atoms with Crippen LogP contribution in [0.2, 0.25) is 0 Å². The molecule has 0 radical (unpaired) electrons. The fourth-order valence-electron chi connectivity index (χ4n) is 5.40. The number of nitrogens with zero attached hydrogens (tertiary/aromatic N) is 5. The first kappa shape index (κ1) is 24.4. The lowest BCUT2D eigenvalue weighted by Gasteiger charge is -2.44. The van der Waals surface area contributed by atoms with Crippen LogP contribution in [0.15, 0.2) is 18.6 Å². The normalized spacial score (nSPS) is 26.1. The summed E-state index contributed by atoms with van der Waals surface area (Å²) in [5.74, 6) is -3.02. The number of carbonyl (C=O) groups excluding carboxylic acids is 1. The molecule has 0 amide bonds. The average molecular weight is 514 g/mol. The Balaban J connectivity index is 1.36. The molecule has 35 heavy (non-hydrogen) atoms. The smallest absolute Gasteiger partial charge is 0.282 e. The van der Waals surface area contributed by atoms with Crippen LogP contribution < -0.4 is 10.2 Å². The van der Waals surface area contributed by atoms with Gasteiger partial charge in [0.15, 0.2) is 5.78 Å². The number of hydrogen-bond donors (Lipinski definition) is 3. The molecule has 0 bridgehead atoms. The lowest BCUT2D eigenvalue weighted by atomic mass is 9.89. The molecule has 2 aromatic heterocycles. The van der Waals surface area contributed by atoms with Crippen LogP contribution in [-0.4, -0.2) is 106 Å². The van der Waals surface area contributed by atoms with Gasteiger partial charge in [-0.15, -0.1) is 0 Å².